The van der Waals surface area contributed by atoms with Crippen molar-refractivity contribution < 1.29 is 9.47 Å². The number of ether oxygens (including phenoxy) is 2. The van der Waals surface area contributed by atoms with Crippen molar-refractivity contribution in [2.75, 3.05) is 46.5 Å². The molecule has 6 heteroatoms. The van der Waals surface area contributed by atoms with E-state index in [0.29, 0.717) is 25.1 Å². The molecule has 0 bridgehead atoms. The van der Waals surface area contributed by atoms with E-state index in [1.165, 1.54) is 0 Å². The number of benzene rings is 1. The lowest BCUT2D eigenvalue weighted by molar-refractivity contribution is 0.00752. The highest BCUT2D eigenvalue weighted by atomic mass is 16.5. The molecule has 146 valence electrons. The van der Waals surface area contributed by atoms with Gasteiger partial charge in [0, 0.05) is 44.8 Å². The monoisotopic (exact) mass is 362 g/mol. The maximum Gasteiger partial charge on any atom is 0.191 e. The third-order valence-corrected chi connectivity index (χ3v) is 4.71. The van der Waals surface area contributed by atoms with E-state index in [2.05, 4.69) is 40.4 Å². The number of hydrogen-bond donors (Lipinski definition) is 2. The first-order valence-electron chi connectivity index (χ1n) is 9.62. The number of nitrogens with one attached hydrogen (secondary N) is 2. The lowest BCUT2D eigenvalue weighted by atomic mass is 10.0. The second-order valence-electron chi connectivity index (χ2n) is 6.81. The fourth-order valence-corrected chi connectivity index (χ4v) is 3.24. The summed E-state index contributed by atoms with van der Waals surface area (Å²) >= 11 is 0. The number of rotatable bonds is 8. The van der Waals surface area contributed by atoms with Gasteiger partial charge in [-0.3, -0.25) is 9.89 Å². The second kappa shape index (κ2) is 11.0. The highest BCUT2D eigenvalue weighted by Gasteiger charge is 2.23. The highest BCUT2D eigenvalue weighted by molar-refractivity contribution is 5.79. The molecule has 1 aromatic carbocycles. The number of nitrogens with zero attached hydrogens (tertiary/aromatic N) is 2. The van der Waals surface area contributed by atoms with E-state index in [9.17, 15) is 0 Å². The maximum atomic E-state index is 5.69. The van der Waals surface area contributed by atoms with E-state index in [0.717, 1.165) is 50.1 Å². The summed E-state index contributed by atoms with van der Waals surface area (Å²) in [4.78, 5) is 6.88. The summed E-state index contributed by atoms with van der Waals surface area (Å²) in [6.07, 6.45) is 0. The van der Waals surface area contributed by atoms with Crippen LogP contribution < -0.4 is 15.4 Å². The Morgan fingerprint density at radius 3 is 2.62 bits per heavy atom. The Kier molecular flexibility index (Phi) is 8.71. The molecule has 1 heterocycles. The first-order valence-corrected chi connectivity index (χ1v) is 9.62. The average Bonchev–Trinajstić information content (AvgIpc) is 2.66. The van der Waals surface area contributed by atoms with E-state index in [1.807, 2.05) is 32.2 Å². The Hall–Kier alpha value is -1.79. The number of guanidine groups is 1. The largest absolute Gasteiger partial charge is 0.494 e. The van der Waals surface area contributed by atoms with E-state index in [4.69, 9.17) is 9.47 Å². The third-order valence-electron chi connectivity index (χ3n) is 4.71. The molecule has 0 spiro atoms. The van der Waals surface area contributed by atoms with Crippen molar-refractivity contribution in [3.05, 3.63) is 29.8 Å². The fourth-order valence-electron chi connectivity index (χ4n) is 3.24. The second-order valence-corrected chi connectivity index (χ2v) is 6.81. The summed E-state index contributed by atoms with van der Waals surface area (Å²) in [5.74, 6) is 2.30. The minimum absolute atomic E-state index is 0.466. The van der Waals surface area contributed by atoms with Crippen molar-refractivity contribution >= 4 is 5.96 Å². The van der Waals surface area contributed by atoms with Gasteiger partial charge in [-0.1, -0.05) is 32.0 Å². The molecule has 1 aliphatic heterocycles. The molecule has 0 aromatic heterocycles. The summed E-state index contributed by atoms with van der Waals surface area (Å²) in [7, 11) is 1.81. The number of para-hydroxylation sites is 1. The minimum Gasteiger partial charge on any atom is -0.494 e. The molecule has 1 atom stereocenters. The Labute approximate surface area is 158 Å². The zero-order valence-electron chi connectivity index (χ0n) is 16.6. The molecule has 1 aliphatic rings. The molecule has 1 aromatic rings. The molecule has 0 radical (unpaired) electrons. The molecule has 0 aliphatic carbocycles. The van der Waals surface area contributed by atoms with Crippen LogP contribution in [-0.2, 0) is 11.3 Å². The molecular weight excluding hydrogens is 328 g/mol. The minimum atomic E-state index is 0.466. The molecule has 26 heavy (non-hydrogen) atoms. The zero-order valence-corrected chi connectivity index (χ0v) is 16.6. The van der Waals surface area contributed by atoms with Crippen LogP contribution in [0.25, 0.3) is 0 Å². The fraction of sp³-hybridized carbons (Fsp3) is 0.650. The van der Waals surface area contributed by atoms with Gasteiger partial charge in [0.2, 0.25) is 0 Å². The van der Waals surface area contributed by atoms with Crippen LogP contribution >= 0.6 is 0 Å². The van der Waals surface area contributed by atoms with Crippen LogP contribution in [-0.4, -0.2) is 63.4 Å². The van der Waals surface area contributed by atoms with Gasteiger partial charge in [-0.2, -0.15) is 0 Å². The molecule has 6 nitrogen and oxygen atoms in total. The first-order chi connectivity index (χ1) is 12.7. The van der Waals surface area contributed by atoms with Crippen molar-refractivity contribution in [1.82, 2.24) is 15.5 Å². The van der Waals surface area contributed by atoms with Gasteiger partial charge in [-0.15, -0.1) is 0 Å². The first kappa shape index (κ1) is 20.5. The SMILES string of the molecule is CCOc1ccccc1CNC(=NC)NCC(C(C)C)N1CCOCC1. The van der Waals surface area contributed by atoms with Crippen LogP contribution in [0.15, 0.2) is 29.3 Å². The van der Waals surface area contributed by atoms with Crippen molar-refractivity contribution in [3.8, 4) is 5.75 Å². The molecule has 1 unspecified atom stereocenters. The van der Waals surface area contributed by atoms with Gasteiger partial charge in [0.05, 0.1) is 19.8 Å². The summed E-state index contributed by atoms with van der Waals surface area (Å²) in [5.41, 5.74) is 1.13. The Bertz CT molecular complexity index is 556. The molecule has 1 saturated heterocycles. The summed E-state index contributed by atoms with van der Waals surface area (Å²) < 4.78 is 11.2. The average molecular weight is 363 g/mol. The lowest BCUT2D eigenvalue weighted by Crippen LogP contribution is -2.52. The van der Waals surface area contributed by atoms with Gasteiger partial charge in [0.1, 0.15) is 5.75 Å². The van der Waals surface area contributed by atoms with Gasteiger partial charge in [0.25, 0.3) is 0 Å². The van der Waals surface area contributed by atoms with Gasteiger partial charge in [0.15, 0.2) is 5.96 Å². The molecular formula is C20H34N4O2. The molecule has 0 saturated carbocycles. The van der Waals surface area contributed by atoms with Crippen molar-refractivity contribution in [3.63, 3.8) is 0 Å². The summed E-state index contributed by atoms with van der Waals surface area (Å²) in [6.45, 7) is 12.4. The molecule has 2 N–H and O–H groups in total. The topological polar surface area (TPSA) is 58.1 Å². The molecule has 1 fully saturated rings. The molecule has 2 rings (SSSR count). The normalized spacial score (nSPS) is 17.2. The van der Waals surface area contributed by atoms with Crippen molar-refractivity contribution in [1.29, 1.82) is 0 Å². The van der Waals surface area contributed by atoms with E-state index < -0.39 is 0 Å². The van der Waals surface area contributed by atoms with E-state index in [-0.39, 0.29) is 0 Å². The lowest BCUT2D eigenvalue weighted by Gasteiger charge is -2.37. The Morgan fingerprint density at radius 1 is 1.23 bits per heavy atom. The smallest absolute Gasteiger partial charge is 0.191 e. The summed E-state index contributed by atoms with van der Waals surface area (Å²) in [6, 6.07) is 8.58. The predicted octanol–water partition coefficient (Wildman–Crippen LogP) is 2.11. The number of hydrogen-bond acceptors (Lipinski definition) is 4. The number of morpholine rings is 1. The van der Waals surface area contributed by atoms with Gasteiger partial charge in [-0.05, 0) is 18.9 Å². The van der Waals surface area contributed by atoms with Crippen LogP contribution in [0, 0.1) is 5.92 Å². The van der Waals surface area contributed by atoms with Crippen molar-refractivity contribution in [2.45, 2.75) is 33.4 Å². The third kappa shape index (κ3) is 6.18. The van der Waals surface area contributed by atoms with Gasteiger partial charge in [-0.25, -0.2) is 0 Å². The maximum absolute atomic E-state index is 5.69. The zero-order chi connectivity index (χ0) is 18.8. The number of aliphatic imine (C=N–C) groups is 1. The highest BCUT2D eigenvalue weighted by Crippen LogP contribution is 2.17. The van der Waals surface area contributed by atoms with Crippen molar-refractivity contribution in [2.24, 2.45) is 10.9 Å². The summed E-state index contributed by atoms with van der Waals surface area (Å²) in [5, 5.41) is 6.88. The van der Waals surface area contributed by atoms with Crippen LogP contribution in [0.5, 0.6) is 5.75 Å². The Balaban J connectivity index is 1.88. The van der Waals surface area contributed by atoms with E-state index in [1.54, 1.807) is 0 Å². The van der Waals surface area contributed by atoms with Crippen LogP contribution in [0.1, 0.15) is 26.3 Å². The molecule has 0 amide bonds. The standard InChI is InChI=1S/C20H34N4O2/c1-5-26-19-9-7-6-8-17(19)14-22-20(21-4)23-15-18(16(2)3)24-10-12-25-13-11-24/h6-9,16,18H,5,10-15H2,1-4H3,(H2,21,22,23). The van der Waals surface area contributed by atoms with E-state index >= 15 is 0 Å². The predicted molar refractivity (Wildman–Crippen MR) is 107 cm³/mol. The Morgan fingerprint density at radius 2 is 1.96 bits per heavy atom. The van der Waals surface area contributed by atoms with Crippen LogP contribution in [0.4, 0.5) is 0 Å². The van der Waals surface area contributed by atoms with Gasteiger partial charge >= 0.3 is 0 Å². The van der Waals surface area contributed by atoms with Crippen LogP contribution in [0.3, 0.4) is 0 Å². The van der Waals surface area contributed by atoms with Crippen LogP contribution in [0.2, 0.25) is 0 Å². The van der Waals surface area contributed by atoms with Gasteiger partial charge < -0.3 is 20.1 Å². The quantitative estimate of drug-likeness (QED) is 0.548.